The van der Waals surface area contributed by atoms with Crippen LogP contribution in [0.5, 0.6) is 0 Å². The Kier molecular flexibility index (Phi) is 4.07. The highest BCUT2D eigenvalue weighted by molar-refractivity contribution is 5.76. The first-order valence-electron chi connectivity index (χ1n) is 7.05. The molecule has 2 aliphatic rings. The van der Waals surface area contributed by atoms with Gasteiger partial charge < -0.3 is 19.3 Å². The molecule has 2 saturated heterocycles. The van der Waals surface area contributed by atoms with E-state index in [-0.39, 0.29) is 18.7 Å². The summed E-state index contributed by atoms with van der Waals surface area (Å²) in [5.74, 6) is -0.903. The van der Waals surface area contributed by atoms with Crippen LogP contribution >= 0.6 is 0 Å². The summed E-state index contributed by atoms with van der Waals surface area (Å²) in [6.07, 6.45) is 0.507. The van der Waals surface area contributed by atoms with Crippen molar-refractivity contribution in [3.63, 3.8) is 0 Å². The van der Waals surface area contributed by atoms with Gasteiger partial charge in [-0.3, -0.25) is 4.79 Å². The highest BCUT2D eigenvalue weighted by Crippen LogP contribution is 2.42. The monoisotopic (exact) mass is 286 g/mol. The molecule has 0 spiro atoms. The van der Waals surface area contributed by atoms with Crippen molar-refractivity contribution < 1.29 is 28.9 Å². The van der Waals surface area contributed by atoms with Gasteiger partial charge in [0.25, 0.3) is 0 Å². The minimum absolute atomic E-state index is 0.213. The predicted octanol–water partition coefficient (Wildman–Crippen LogP) is 0.944. The van der Waals surface area contributed by atoms with Crippen molar-refractivity contribution in [2.45, 2.75) is 69.9 Å². The van der Waals surface area contributed by atoms with E-state index in [1.54, 1.807) is 13.8 Å². The lowest BCUT2D eigenvalue weighted by atomic mass is 9.91. The quantitative estimate of drug-likeness (QED) is 0.775. The van der Waals surface area contributed by atoms with E-state index >= 15 is 0 Å². The van der Waals surface area contributed by atoms with Crippen LogP contribution < -0.4 is 0 Å². The second-order valence-corrected chi connectivity index (χ2v) is 5.90. The smallest absolute Gasteiger partial charge is 0.337 e. The van der Waals surface area contributed by atoms with Gasteiger partial charge in [0.05, 0.1) is 12.7 Å². The summed E-state index contributed by atoms with van der Waals surface area (Å²) < 4.78 is 16.1. The van der Waals surface area contributed by atoms with E-state index in [2.05, 4.69) is 0 Å². The molecule has 0 aromatic carbocycles. The van der Waals surface area contributed by atoms with Crippen molar-refractivity contribution in [1.29, 1.82) is 0 Å². The molecule has 2 aliphatic heterocycles. The van der Waals surface area contributed by atoms with E-state index < -0.39 is 23.3 Å². The molecule has 114 valence electrons. The molecule has 0 aromatic rings. The predicted molar refractivity (Wildman–Crippen MR) is 68.9 cm³/mol. The Morgan fingerprint density at radius 1 is 1.50 bits per heavy atom. The molecule has 0 amide bonds. The number of aliphatic hydroxyl groups is 1. The lowest BCUT2D eigenvalue weighted by molar-refractivity contribution is -0.189. The minimum Gasteiger partial charge on any atom is -0.464 e. The molecule has 4 atom stereocenters. The Bertz CT molecular complexity index is 408. The van der Waals surface area contributed by atoms with Gasteiger partial charge in [-0.2, -0.15) is 0 Å². The van der Waals surface area contributed by atoms with Gasteiger partial charge in [0, 0.05) is 6.42 Å². The number of carbonyl (C=O) groups excluding carboxylic acids is 2. The second kappa shape index (κ2) is 5.33. The SMILES string of the molecule is CCOC(=O)[C@@H](O)[C@]1(C)CC[C@H]([C@@]2(C)CCC(=O)O2)O1. The van der Waals surface area contributed by atoms with Crippen LogP contribution in [0.3, 0.4) is 0 Å². The number of aliphatic hydroxyl groups excluding tert-OH is 1. The third-order valence-corrected chi connectivity index (χ3v) is 4.26. The molecule has 0 aliphatic carbocycles. The van der Waals surface area contributed by atoms with E-state index in [0.29, 0.717) is 25.7 Å². The largest absolute Gasteiger partial charge is 0.464 e. The van der Waals surface area contributed by atoms with Crippen LogP contribution in [0, 0.1) is 0 Å². The average Bonchev–Trinajstić information content (AvgIpc) is 2.95. The van der Waals surface area contributed by atoms with Crippen molar-refractivity contribution in [1.82, 2.24) is 0 Å². The Labute approximate surface area is 118 Å². The van der Waals surface area contributed by atoms with Crippen molar-refractivity contribution in [3.05, 3.63) is 0 Å². The third kappa shape index (κ3) is 2.67. The van der Waals surface area contributed by atoms with Crippen molar-refractivity contribution in [2.24, 2.45) is 0 Å². The highest BCUT2D eigenvalue weighted by Gasteiger charge is 2.53. The fraction of sp³-hybridized carbons (Fsp3) is 0.857. The fourth-order valence-corrected chi connectivity index (χ4v) is 2.90. The van der Waals surface area contributed by atoms with Crippen LogP contribution in [0.15, 0.2) is 0 Å². The summed E-state index contributed by atoms with van der Waals surface area (Å²) in [6, 6.07) is 0. The van der Waals surface area contributed by atoms with E-state index in [0.717, 1.165) is 0 Å². The number of rotatable bonds is 4. The third-order valence-electron chi connectivity index (χ3n) is 4.26. The maximum absolute atomic E-state index is 11.7. The molecular weight excluding hydrogens is 264 g/mol. The molecule has 6 nitrogen and oxygen atoms in total. The van der Waals surface area contributed by atoms with E-state index in [4.69, 9.17) is 14.2 Å². The van der Waals surface area contributed by atoms with Crippen LogP contribution in [0.4, 0.5) is 0 Å². The molecule has 0 unspecified atom stereocenters. The maximum atomic E-state index is 11.7. The van der Waals surface area contributed by atoms with Crippen molar-refractivity contribution in [3.8, 4) is 0 Å². The van der Waals surface area contributed by atoms with Crippen molar-refractivity contribution >= 4 is 11.9 Å². The molecule has 0 bridgehead atoms. The topological polar surface area (TPSA) is 82.1 Å². The first kappa shape index (κ1) is 15.3. The minimum atomic E-state index is -1.33. The fourth-order valence-electron chi connectivity index (χ4n) is 2.90. The van der Waals surface area contributed by atoms with Gasteiger partial charge in [0.2, 0.25) is 0 Å². The number of carbonyl (C=O) groups is 2. The number of esters is 2. The Hall–Kier alpha value is -1.14. The van der Waals surface area contributed by atoms with Gasteiger partial charge in [-0.1, -0.05) is 0 Å². The highest BCUT2D eigenvalue weighted by atomic mass is 16.6. The molecule has 0 aromatic heterocycles. The maximum Gasteiger partial charge on any atom is 0.337 e. The number of hydrogen-bond donors (Lipinski definition) is 1. The van der Waals surface area contributed by atoms with Gasteiger partial charge in [0.15, 0.2) is 6.10 Å². The Morgan fingerprint density at radius 2 is 2.20 bits per heavy atom. The lowest BCUT2D eigenvalue weighted by Gasteiger charge is -2.33. The van der Waals surface area contributed by atoms with Gasteiger partial charge in [-0.05, 0) is 40.0 Å². The van der Waals surface area contributed by atoms with Crippen LogP contribution in [0.2, 0.25) is 0 Å². The van der Waals surface area contributed by atoms with Crippen molar-refractivity contribution in [2.75, 3.05) is 6.61 Å². The molecule has 2 heterocycles. The summed E-state index contributed by atoms with van der Waals surface area (Å²) in [4.78, 5) is 23.0. The number of ether oxygens (including phenoxy) is 3. The summed E-state index contributed by atoms with van der Waals surface area (Å²) in [7, 11) is 0. The van der Waals surface area contributed by atoms with Gasteiger partial charge in [-0.15, -0.1) is 0 Å². The van der Waals surface area contributed by atoms with Crippen LogP contribution in [0.25, 0.3) is 0 Å². The molecule has 6 heteroatoms. The molecule has 1 N–H and O–H groups in total. The zero-order valence-electron chi connectivity index (χ0n) is 12.2. The Balaban J connectivity index is 2.03. The average molecular weight is 286 g/mol. The van der Waals surface area contributed by atoms with Gasteiger partial charge in [0.1, 0.15) is 11.2 Å². The van der Waals surface area contributed by atoms with Gasteiger partial charge >= 0.3 is 11.9 Å². The summed E-state index contributed by atoms with van der Waals surface area (Å²) in [6.45, 7) is 5.43. The molecule has 0 radical (unpaired) electrons. The molecule has 2 fully saturated rings. The first-order chi connectivity index (χ1) is 9.31. The number of cyclic esters (lactones) is 1. The standard InChI is InChI=1S/C14H22O6/c1-4-18-12(17)11(16)14(3)7-5-9(19-14)13(2)8-6-10(15)20-13/h9,11,16H,4-8H2,1-3H3/t9-,11-,13-,14+/m1/s1. The Morgan fingerprint density at radius 3 is 2.75 bits per heavy atom. The van der Waals surface area contributed by atoms with Gasteiger partial charge in [-0.25, -0.2) is 4.79 Å². The van der Waals surface area contributed by atoms with E-state index in [1.807, 2.05) is 6.92 Å². The molecule has 20 heavy (non-hydrogen) atoms. The van der Waals surface area contributed by atoms with Crippen LogP contribution in [-0.4, -0.2) is 47.1 Å². The zero-order valence-corrected chi connectivity index (χ0v) is 12.2. The normalized spacial score (nSPS) is 38.6. The van der Waals surface area contributed by atoms with Crippen LogP contribution in [-0.2, 0) is 23.8 Å². The zero-order chi connectivity index (χ0) is 15.0. The molecular formula is C14H22O6. The molecule has 2 rings (SSSR count). The summed E-state index contributed by atoms with van der Waals surface area (Å²) in [5.41, 5.74) is -1.65. The second-order valence-electron chi connectivity index (χ2n) is 5.90. The lowest BCUT2D eigenvalue weighted by Crippen LogP contribution is -2.48. The summed E-state index contributed by atoms with van der Waals surface area (Å²) in [5, 5.41) is 10.1. The summed E-state index contributed by atoms with van der Waals surface area (Å²) >= 11 is 0. The number of hydrogen-bond acceptors (Lipinski definition) is 6. The first-order valence-corrected chi connectivity index (χ1v) is 7.05. The van der Waals surface area contributed by atoms with Crippen LogP contribution in [0.1, 0.15) is 46.5 Å². The molecule has 0 saturated carbocycles. The van der Waals surface area contributed by atoms with E-state index in [9.17, 15) is 14.7 Å². The van der Waals surface area contributed by atoms with E-state index in [1.165, 1.54) is 0 Å².